The number of para-hydroxylation sites is 1. The number of nitrogens with zero attached hydrogens (tertiary/aromatic N) is 5. The van der Waals surface area contributed by atoms with E-state index < -0.39 is 6.98 Å². The average Bonchev–Trinajstić information content (AvgIpc) is 3.59. The highest BCUT2D eigenvalue weighted by Crippen LogP contribution is 2.44. The summed E-state index contributed by atoms with van der Waals surface area (Å²) in [5.41, 5.74) is 11.4. The fourth-order valence-corrected chi connectivity index (χ4v) is 6.68. The maximum atomic E-state index is 8.35. The molecule has 0 spiro atoms. The predicted octanol–water partition coefficient (Wildman–Crippen LogP) is 10.7. The average molecular weight is 625 g/mol. The summed E-state index contributed by atoms with van der Waals surface area (Å²) in [6.07, 6.45) is 1.92. The maximum absolute atomic E-state index is 8.35. The van der Waals surface area contributed by atoms with Crippen LogP contribution < -0.4 is 14.7 Å². The molecule has 0 radical (unpaired) electrons. The van der Waals surface area contributed by atoms with Crippen molar-refractivity contribution in [2.24, 2.45) is 0 Å². The smallest absolute Gasteiger partial charge is 0.137 e. The molecule has 0 saturated carbocycles. The molecule has 5 heteroatoms. The molecule has 0 bridgehead atoms. The number of rotatable bonds is 4. The van der Waals surface area contributed by atoms with Gasteiger partial charge >= 0.3 is 0 Å². The van der Waals surface area contributed by atoms with Gasteiger partial charge in [-0.1, -0.05) is 65.8 Å². The largest absolute Gasteiger partial charge is 0.355 e. The third kappa shape index (κ3) is 5.32. The van der Waals surface area contributed by atoms with Gasteiger partial charge in [-0.2, -0.15) is 0 Å². The SMILES string of the molecule is [2H]C([2H])([2H])N1CN(c2cc(N(C)c3ccc4c5ccccc5n(-c5cc(C(C)(C)C)ccn5)c4c3)cc(C(C)(C)C)c2)c2cc(C)c(C)cc21. The molecule has 4 aromatic carbocycles. The number of pyridine rings is 1. The molecule has 1 aliphatic heterocycles. The topological polar surface area (TPSA) is 27.5 Å². The summed E-state index contributed by atoms with van der Waals surface area (Å²) in [7, 11) is 2.11. The quantitative estimate of drug-likeness (QED) is 0.195. The molecule has 6 aromatic rings. The lowest BCUT2D eigenvalue weighted by molar-refractivity contribution is 0.588. The minimum Gasteiger partial charge on any atom is -0.355 e. The molecule has 0 atom stereocenters. The van der Waals surface area contributed by atoms with Gasteiger partial charge in [-0.25, -0.2) is 4.98 Å². The first-order chi connectivity index (χ1) is 23.4. The van der Waals surface area contributed by atoms with Crippen molar-refractivity contribution in [2.45, 2.75) is 66.2 Å². The molecular weight excluding hydrogens is 574 g/mol. The first kappa shape index (κ1) is 27.4. The Labute approximate surface area is 284 Å². The summed E-state index contributed by atoms with van der Waals surface area (Å²) in [6, 6.07) is 30.3. The highest BCUT2D eigenvalue weighted by Gasteiger charge is 2.28. The van der Waals surface area contributed by atoms with Crippen molar-refractivity contribution in [3.63, 3.8) is 0 Å². The molecule has 5 nitrogen and oxygen atoms in total. The number of aromatic nitrogens is 2. The molecule has 240 valence electrons. The third-order valence-corrected chi connectivity index (χ3v) is 9.81. The van der Waals surface area contributed by atoms with E-state index in [-0.39, 0.29) is 17.5 Å². The fourth-order valence-electron chi connectivity index (χ4n) is 6.68. The number of aryl methyl sites for hydroxylation is 2. The van der Waals surface area contributed by atoms with Gasteiger partial charge in [-0.05, 0) is 108 Å². The lowest BCUT2D eigenvalue weighted by Gasteiger charge is -2.29. The van der Waals surface area contributed by atoms with Gasteiger partial charge in [0.1, 0.15) is 5.82 Å². The predicted molar refractivity (Wildman–Crippen MR) is 202 cm³/mol. The van der Waals surface area contributed by atoms with Crippen molar-refractivity contribution in [2.75, 3.05) is 35.4 Å². The van der Waals surface area contributed by atoms with E-state index in [0.29, 0.717) is 0 Å². The molecule has 0 saturated heterocycles. The Hall–Kier alpha value is -4.77. The molecule has 0 aliphatic carbocycles. The second-order valence-electron chi connectivity index (χ2n) is 15.2. The van der Waals surface area contributed by atoms with Crippen molar-refractivity contribution < 1.29 is 4.11 Å². The zero-order chi connectivity index (χ0) is 35.9. The number of hydrogen-bond donors (Lipinski definition) is 0. The minimum absolute atomic E-state index is 0.00842. The van der Waals surface area contributed by atoms with E-state index in [9.17, 15) is 0 Å². The Morgan fingerprint density at radius 1 is 0.702 bits per heavy atom. The molecule has 0 fully saturated rings. The Kier molecular flexibility index (Phi) is 6.35. The summed E-state index contributed by atoms with van der Waals surface area (Å²) < 4.78 is 27.3. The summed E-state index contributed by atoms with van der Waals surface area (Å²) in [6.45, 7) is 15.5. The van der Waals surface area contributed by atoms with Crippen LogP contribution >= 0.6 is 0 Å². The van der Waals surface area contributed by atoms with Gasteiger partial charge in [0.15, 0.2) is 0 Å². The summed E-state index contributed by atoms with van der Waals surface area (Å²) in [5, 5.41) is 2.36. The summed E-state index contributed by atoms with van der Waals surface area (Å²) in [4.78, 5) is 10.8. The van der Waals surface area contributed by atoms with Crippen molar-refractivity contribution in [1.82, 2.24) is 9.55 Å². The van der Waals surface area contributed by atoms with Crippen LogP contribution in [0.4, 0.5) is 28.4 Å². The van der Waals surface area contributed by atoms with Gasteiger partial charge in [0.05, 0.1) is 29.1 Å². The molecule has 0 amide bonds. The minimum atomic E-state index is -2.26. The van der Waals surface area contributed by atoms with Crippen LogP contribution in [-0.4, -0.2) is 30.2 Å². The highest BCUT2D eigenvalue weighted by molar-refractivity contribution is 6.10. The van der Waals surface area contributed by atoms with Crippen molar-refractivity contribution in [3.05, 3.63) is 113 Å². The molecule has 3 heterocycles. The second kappa shape index (κ2) is 10.9. The Morgan fingerprint density at radius 2 is 1.40 bits per heavy atom. The standard InChI is InChI=1S/C42H47N5/c1-27-19-38-39(20-28(27)2)46(26-44(38)9)33-22-30(42(6,7)8)21-32(24-33)45(10)31-15-16-35-34-13-11-12-14-36(34)47(37(35)25-31)40-23-29(17-18-43-40)41(3,4)5/h11-25H,26H2,1-10H3/i9D3. The number of anilines is 5. The van der Waals surface area contributed by atoms with Crippen LogP contribution in [0.3, 0.4) is 0 Å². The van der Waals surface area contributed by atoms with Crippen LogP contribution in [0.2, 0.25) is 0 Å². The normalized spacial score (nSPS) is 14.8. The molecule has 0 N–H and O–H groups in total. The first-order valence-electron chi connectivity index (χ1n) is 18.0. The fraction of sp³-hybridized carbons (Fsp3) is 0.310. The Balaban J connectivity index is 1.38. The van der Waals surface area contributed by atoms with Crippen molar-refractivity contribution in [3.8, 4) is 5.82 Å². The number of fused-ring (bicyclic) bond motifs is 4. The lowest BCUT2D eigenvalue weighted by Crippen LogP contribution is -2.25. The van der Waals surface area contributed by atoms with Crippen LogP contribution in [0, 0.1) is 13.8 Å². The van der Waals surface area contributed by atoms with Gasteiger partial charge in [0, 0.05) is 52.2 Å². The summed E-state index contributed by atoms with van der Waals surface area (Å²) >= 11 is 0. The van der Waals surface area contributed by atoms with E-state index in [2.05, 4.69) is 149 Å². The van der Waals surface area contributed by atoms with Crippen molar-refractivity contribution >= 4 is 50.2 Å². The van der Waals surface area contributed by atoms with Gasteiger partial charge in [-0.3, -0.25) is 4.57 Å². The maximum Gasteiger partial charge on any atom is 0.137 e. The van der Waals surface area contributed by atoms with Crippen molar-refractivity contribution in [1.29, 1.82) is 0 Å². The zero-order valence-corrected chi connectivity index (χ0v) is 29.1. The number of benzene rings is 4. The Bertz CT molecular complexity index is 2270. The second-order valence-corrected chi connectivity index (χ2v) is 15.2. The van der Waals surface area contributed by atoms with Crippen LogP contribution in [0.25, 0.3) is 27.6 Å². The zero-order valence-electron chi connectivity index (χ0n) is 32.1. The molecule has 2 aromatic heterocycles. The molecule has 0 unspecified atom stereocenters. The molecule has 7 rings (SSSR count). The lowest BCUT2D eigenvalue weighted by atomic mass is 9.86. The number of hydrogen-bond acceptors (Lipinski definition) is 4. The van der Waals surface area contributed by atoms with E-state index in [0.717, 1.165) is 56.4 Å². The van der Waals surface area contributed by atoms with E-state index in [1.807, 2.05) is 19.2 Å². The van der Waals surface area contributed by atoms with Gasteiger partial charge in [-0.15, -0.1) is 0 Å². The van der Waals surface area contributed by atoms with E-state index in [1.165, 1.54) is 26.8 Å². The summed E-state index contributed by atoms with van der Waals surface area (Å²) in [5.74, 6) is 0.900. The van der Waals surface area contributed by atoms with Gasteiger partial charge in [0.25, 0.3) is 0 Å². The van der Waals surface area contributed by atoms with Crippen LogP contribution in [0.5, 0.6) is 0 Å². The Morgan fingerprint density at radius 3 is 2.13 bits per heavy atom. The van der Waals surface area contributed by atoms with Gasteiger partial charge < -0.3 is 14.7 Å². The van der Waals surface area contributed by atoms with E-state index in [4.69, 9.17) is 9.10 Å². The molecule has 47 heavy (non-hydrogen) atoms. The van der Waals surface area contributed by atoms with Crippen LogP contribution in [0.15, 0.2) is 91.1 Å². The van der Waals surface area contributed by atoms with E-state index >= 15 is 0 Å². The monoisotopic (exact) mass is 624 g/mol. The van der Waals surface area contributed by atoms with Gasteiger partial charge in [0.2, 0.25) is 0 Å². The molecule has 1 aliphatic rings. The highest BCUT2D eigenvalue weighted by atomic mass is 15.4. The molecular formula is C42H47N5. The van der Waals surface area contributed by atoms with Crippen LogP contribution in [-0.2, 0) is 10.8 Å². The van der Waals surface area contributed by atoms with Crippen LogP contribution in [0.1, 0.15) is 67.9 Å². The third-order valence-electron chi connectivity index (χ3n) is 9.81. The van der Waals surface area contributed by atoms with E-state index in [1.54, 1.807) is 0 Å². The first-order valence-corrected chi connectivity index (χ1v) is 16.5.